The Hall–Kier alpha value is -1.24. The van der Waals surface area contributed by atoms with Crippen LogP contribution in [-0.2, 0) is 9.63 Å². The van der Waals surface area contributed by atoms with E-state index in [9.17, 15) is 9.59 Å². The average Bonchev–Trinajstić information content (AvgIpc) is 2.15. The predicted octanol–water partition coefficient (Wildman–Crippen LogP) is 0.107. The summed E-state index contributed by atoms with van der Waals surface area (Å²) in [6, 6.07) is 0. The fraction of sp³-hybridized carbons (Fsp3) is 0.571. The van der Waals surface area contributed by atoms with E-state index in [1.54, 1.807) is 11.6 Å². The predicted molar refractivity (Wildman–Crippen MR) is 55.2 cm³/mol. The lowest BCUT2D eigenvalue weighted by atomic mass is 10.6. The Morgan fingerprint density at radius 3 is 2.64 bits per heavy atom. The molecular weight excluding hydrogens is 206 g/mol. The zero-order chi connectivity index (χ0) is 13.6. The van der Waals surface area contributed by atoms with E-state index in [0.29, 0.717) is 0 Å². The van der Waals surface area contributed by atoms with Crippen LogP contribution in [0.4, 0.5) is 4.79 Å². The van der Waals surface area contributed by atoms with Crippen molar-refractivity contribution in [3.05, 3.63) is 0 Å². The number of carbonyl (C=O) groups is 2. The number of hydrogen-bond donors (Lipinski definition) is 1. The zero-order valence-corrected chi connectivity index (χ0v) is 8.84. The summed E-state index contributed by atoms with van der Waals surface area (Å²) >= 11 is 0.979. The van der Waals surface area contributed by atoms with Crippen LogP contribution in [0.25, 0.3) is 0 Å². The molecule has 14 heavy (non-hydrogen) atoms. The van der Waals surface area contributed by atoms with Gasteiger partial charge in [-0.15, -0.1) is 11.8 Å². The van der Waals surface area contributed by atoms with Crippen LogP contribution in [0.2, 0.25) is 0 Å². The first kappa shape index (κ1) is 8.10. The number of oxime groups is 1. The van der Waals surface area contributed by atoms with Gasteiger partial charge in [0, 0.05) is 25.2 Å². The minimum Gasteiger partial charge on any atom is -0.343 e. The molecule has 0 fully saturated rings. The molecule has 1 N–H and O–H groups in total. The first-order valence-electron chi connectivity index (χ1n) is 5.00. The lowest BCUT2D eigenvalue weighted by molar-refractivity contribution is -0.121. The van der Waals surface area contributed by atoms with Crippen LogP contribution < -0.4 is 5.32 Å². The first-order valence-corrected chi connectivity index (χ1v) is 4.72. The van der Waals surface area contributed by atoms with Crippen molar-refractivity contribution in [2.45, 2.75) is 0 Å². The van der Waals surface area contributed by atoms with E-state index in [0.717, 1.165) is 11.8 Å². The lowest BCUT2D eigenvalue weighted by Crippen LogP contribution is -2.28. The van der Waals surface area contributed by atoms with Crippen LogP contribution in [0.1, 0.15) is 4.11 Å². The number of nitrogens with zero attached hydrogens (tertiary/aromatic N) is 2. The summed E-state index contributed by atoms with van der Waals surface area (Å²) in [4.78, 5) is 27.9. The molecule has 0 saturated carbocycles. The number of nitrogens with one attached hydrogen (secondary N) is 1. The topological polar surface area (TPSA) is 71.0 Å². The van der Waals surface area contributed by atoms with E-state index in [4.69, 9.17) is 4.11 Å². The van der Waals surface area contributed by atoms with Crippen LogP contribution in [0.15, 0.2) is 5.16 Å². The maximum Gasteiger partial charge on any atom is 0.433 e. The van der Waals surface area contributed by atoms with Crippen LogP contribution in [0, 0.1) is 0 Å². The summed E-state index contributed by atoms with van der Waals surface area (Å²) in [6.07, 6.45) is 0.328. The largest absolute Gasteiger partial charge is 0.433 e. The molecule has 0 atom stereocenters. The summed E-state index contributed by atoms with van der Waals surface area (Å²) in [5.41, 5.74) is 0. The molecular formula is C7H13N3O3S. The smallest absolute Gasteiger partial charge is 0.343 e. The normalized spacial score (nSPS) is 14.8. The molecule has 0 radical (unpaired) electrons. The fourth-order valence-electron chi connectivity index (χ4n) is 0.461. The lowest BCUT2D eigenvalue weighted by Gasteiger charge is -2.09. The maximum atomic E-state index is 11.4. The van der Waals surface area contributed by atoms with E-state index in [-0.39, 0.29) is 5.04 Å². The minimum absolute atomic E-state index is 0.0595. The molecule has 0 aromatic carbocycles. The second-order valence-corrected chi connectivity index (χ2v) is 3.10. The second-order valence-electron chi connectivity index (χ2n) is 2.30. The molecule has 0 rings (SSSR count). The minimum atomic E-state index is -2.66. The van der Waals surface area contributed by atoms with Gasteiger partial charge in [-0.25, -0.2) is 4.79 Å². The molecule has 0 bridgehead atoms. The summed E-state index contributed by atoms with van der Waals surface area (Å²) in [7, 11) is 3.02. The maximum absolute atomic E-state index is 11.4. The number of hydrogen-bond acceptors (Lipinski definition) is 5. The zero-order valence-electron chi connectivity index (χ0n) is 11.0. The van der Waals surface area contributed by atoms with E-state index in [1.165, 1.54) is 19.0 Å². The van der Waals surface area contributed by atoms with Crippen molar-refractivity contribution in [1.82, 2.24) is 10.2 Å². The summed E-state index contributed by atoms with van der Waals surface area (Å²) in [5, 5.41) is 4.78. The molecule has 0 aromatic heterocycles. The average molecular weight is 222 g/mol. The molecule has 0 aliphatic heterocycles. The highest BCUT2D eigenvalue weighted by molar-refractivity contribution is 8.15. The van der Waals surface area contributed by atoms with E-state index in [2.05, 4.69) is 9.99 Å². The standard InChI is InChI=1S/C7H13N3O3S/c1-8-7(12)13-9-5(14-4)6(11)10(2)3/h1-4H3,(H,8,12)/b9-5+/i1D3. The first-order chi connectivity index (χ1) is 7.67. The quantitative estimate of drug-likeness (QED) is 0.296. The molecule has 2 amide bonds. The molecule has 0 heterocycles. The van der Waals surface area contributed by atoms with Crippen molar-refractivity contribution in [2.24, 2.45) is 5.16 Å². The van der Waals surface area contributed by atoms with Crippen LogP contribution in [-0.4, -0.2) is 49.3 Å². The molecule has 0 spiro atoms. The van der Waals surface area contributed by atoms with Crippen molar-refractivity contribution in [1.29, 1.82) is 0 Å². The van der Waals surface area contributed by atoms with Gasteiger partial charge in [-0.1, -0.05) is 5.16 Å². The van der Waals surface area contributed by atoms with Gasteiger partial charge in [0.1, 0.15) is 0 Å². The molecule has 0 aromatic rings. The van der Waals surface area contributed by atoms with E-state index < -0.39 is 19.0 Å². The Morgan fingerprint density at radius 1 is 1.57 bits per heavy atom. The van der Waals surface area contributed by atoms with E-state index >= 15 is 0 Å². The summed E-state index contributed by atoms with van der Waals surface area (Å²) < 4.78 is 20.2. The molecule has 80 valence electrons. The molecule has 0 saturated heterocycles. The van der Waals surface area contributed by atoms with Crippen LogP contribution in [0.5, 0.6) is 0 Å². The third-order valence-electron chi connectivity index (χ3n) is 1.10. The van der Waals surface area contributed by atoms with Crippen LogP contribution >= 0.6 is 11.8 Å². The highest BCUT2D eigenvalue weighted by atomic mass is 32.2. The van der Waals surface area contributed by atoms with Gasteiger partial charge in [0.15, 0.2) is 0 Å². The van der Waals surface area contributed by atoms with E-state index in [1.807, 2.05) is 0 Å². The SMILES string of the molecule is [2H]C([2H])([2H])NC(=O)O/N=C(/SC)C(=O)N(C)C. The third-order valence-corrected chi connectivity index (χ3v) is 1.73. The molecule has 0 unspecified atom stereocenters. The molecule has 7 heteroatoms. The van der Waals surface area contributed by atoms with Crippen LogP contribution in [0.3, 0.4) is 0 Å². The highest BCUT2D eigenvalue weighted by Gasteiger charge is 2.13. The second kappa shape index (κ2) is 6.25. The van der Waals surface area contributed by atoms with Gasteiger partial charge in [-0.3, -0.25) is 9.63 Å². The van der Waals surface area contributed by atoms with Gasteiger partial charge >= 0.3 is 6.09 Å². The van der Waals surface area contributed by atoms with Crippen molar-refractivity contribution >= 4 is 28.8 Å². The Balaban J connectivity index is 4.48. The van der Waals surface area contributed by atoms with Gasteiger partial charge in [0.2, 0.25) is 5.04 Å². The Kier molecular flexibility index (Phi) is 3.62. The molecule has 0 aliphatic rings. The van der Waals surface area contributed by atoms with Gasteiger partial charge in [-0.2, -0.15) is 0 Å². The van der Waals surface area contributed by atoms with Gasteiger partial charge in [0.25, 0.3) is 5.91 Å². The fourth-order valence-corrected chi connectivity index (χ4v) is 0.930. The van der Waals surface area contributed by atoms with Crippen molar-refractivity contribution < 1.29 is 18.5 Å². The van der Waals surface area contributed by atoms with Crippen molar-refractivity contribution in [3.63, 3.8) is 0 Å². The number of thioether (sulfide) groups is 1. The van der Waals surface area contributed by atoms with Gasteiger partial charge in [0.05, 0.1) is 0 Å². The number of rotatable bonds is 1. The summed E-state index contributed by atoms with van der Waals surface area (Å²) in [6.45, 7) is -2.66. The third kappa shape index (κ3) is 4.13. The van der Waals surface area contributed by atoms with Gasteiger partial charge < -0.3 is 10.2 Å². The number of carbonyl (C=O) groups excluding carboxylic acids is 2. The summed E-state index contributed by atoms with van der Waals surface area (Å²) in [5.74, 6) is -0.445. The Bertz CT molecular complexity index is 330. The monoisotopic (exact) mass is 222 g/mol. The molecule has 0 aliphatic carbocycles. The van der Waals surface area contributed by atoms with Crippen molar-refractivity contribution in [2.75, 3.05) is 27.3 Å². The Morgan fingerprint density at radius 2 is 2.21 bits per heavy atom. The Labute approximate surface area is 90.9 Å². The number of amides is 2. The van der Waals surface area contributed by atoms with Crippen molar-refractivity contribution in [3.8, 4) is 0 Å². The van der Waals surface area contributed by atoms with Gasteiger partial charge in [-0.05, 0) is 6.26 Å². The molecule has 6 nitrogen and oxygen atoms in total. The highest BCUT2D eigenvalue weighted by Crippen LogP contribution is 2.01.